The van der Waals surface area contributed by atoms with Crippen LogP contribution in [0, 0.1) is 6.92 Å². The number of aromatic nitrogens is 4. The zero-order valence-electron chi connectivity index (χ0n) is 14.0. The Kier molecular flexibility index (Phi) is 3.93. The average molecular weight is 337 g/mol. The van der Waals surface area contributed by atoms with Crippen molar-refractivity contribution in [2.45, 2.75) is 25.8 Å². The van der Waals surface area contributed by atoms with E-state index in [2.05, 4.69) is 15.3 Å². The Morgan fingerprint density at radius 1 is 1.36 bits per heavy atom. The van der Waals surface area contributed by atoms with Crippen LogP contribution in [0.5, 0.6) is 0 Å². The zero-order valence-corrected chi connectivity index (χ0v) is 14.0. The van der Waals surface area contributed by atoms with Gasteiger partial charge in [-0.15, -0.1) is 5.10 Å². The molecule has 0 radical (unpaired) electrons. The minimum atomic E-state index is -0.165. The Labute approximate surface area is 144 Å². The number of rotatable bonds is 3. The van der Waals surface area contributed by atoms with Crippen LogP contribution in [0.25, 0.3) is 16.5 Å². The van der Waals surface area contributed by atoms with Crippen molar-refractivity contribution in [3.05, 3.63) is 48.0 Å². The van der Waals surface area contributed by atoms with Gasteiger partial charge in [-0.05, 0) is 31.9 Å². The Morgan fingerprint density at radius 2 is 2.24 bits per heavy atom. The first-order valence-electron chi connectivity index (χ1n) is 8.38. The number of carbonyl (C=O) groups excluding carboxylic acids is 1. The summed E-state index contributed by atoms with van der Waals surface area (Å²) in [5, 5.41) is 19.8. The molecular formula is C18H19N5O2. The molecule has 1 amide bonds. The molecule has 2 aromatic heterocycles. The zero-order chi connectivity index (χ0) is 17.4. The van der Waals surface area contributed by atoms with Crippen molar-refractivity contribution in [2.75, 3.05) is 13.2 Å². The summed E-state index contributed by atoms with van der Waals surface area (Å²) < 4.78 is 1.69. The van der Waals surface area contributed by atoms with Gasteiger partial charge in [0.15, 0.2) is 5.69 Å². The molecule has 7 nitrogen and oxygen atoms in total. The monoisotopic (exact) mass is 337 g/mol. The van der Waals surface area contributed by atoms with Crippen molar-refractivity contribution in [1.29, 1.82) is 0 Å². The fourth-order valence-corrected chi connectivity index (χ4v) is 3.47. The molecule has 0 bridgehead atoms. The molecule has 1 atom stereocenters. The molecule has 1 aromatic carbocycles. The van der Waals surface area contributed by atoms with Gasteiger partial charge in [0.05, 0.1) is 24.0 Å². The highest BCUT2D eigenvalue weighted by atomic mass is 16.3. The second kappa shape index (κ2) is 6.25. The molecule has 1 aliphatic rings. The summed E-state index contributed by atoms with van der Waals surface area (Å²) in [6.07, 6.45) is 5.26. The second-order valence-corrected chi connectivity index (χ2v) is 6.29. The highest BCUT2D eigenvalue weighted by Crippen LogP contribution is 2.24. The minimum Gasteiger partial charge on any atom is -0.394 e. The van der Waals surface area contributed by atoms with Crippen LogP contribution in [0.15, 0.2) is 36.7 Å². The van der Waals surface area contributed by atoms with Crippen LogP contribution in [0.1, 0.15) is 29.0 Å². The molecule has 0 spiro atoms. The van der Waals surface area contributed by atoms with E-state index in [1.165, 1.54) is 0 Å². The van der Waals surface area contributed by atoms with E-state index >= 15 is 0 Å². The predicted molar refractivity (Wildman–Crippen MR) is 92.5 cm³/mol. The summed E-state index contributed by atoms with van der Waals surface area (Å²) >= 11 is 0. The molecule has 4 rings (SSSR count). The van der Waals surface area contributed by atoms with Crippen molar-refractivity contribution in [3.63, 3.8) is 0 Å². The van der Waals surface area contributed by atoms with E-state index in [0.717, 1.165) is 29.3 Å². The number of likely N-dealkylation sites (tertiary alicyclic amines) is 1. The smallest absolute Gasteiger partial charge is 0.276 e. The van der Waals surface area contributed by atoms with Crippen molar-refractivity contribution < 1.29 is 9.90 Å². The maximum atomic E-state index is 12.8. The molecule has 0 aliphatic carbocycles. The third-order valence-corrected chi connectivity index (χ3v) is 4.83. The Morgan fingerprint density at radius 3 is 3.08 bits per heavy atom. The van der Waals surface area contributed by atoms with E-state index < -0.39 is 0 Å². The van der Waals surface area contributed by atoms with Crippen LogP contribution >= 0.6 is 0 Å². The fraction of sp³-hybridized carbons (Fsp3) is 0.333. The van der Waals surface area contributed by atoms with E-state index in [-0.39, 0.29) is 18.6 Å². The van der Waals surface area contributed by atoms with Gasteiger partial charge >= 0.3 is 0 Å². The van der Waals surface area contributed by atoms with E-state index in [9.17, 15) is 9.90 Å². The Bertz CT molecular complexity index is 931. The number of pyridine rings is 1. The summed E-state index contributed by atoms with van der Waals surface area (Å²) in [5.41, 5.74) is 1.90. The topological polar surface area (TPSA) is 84.1 Å². The van der Waals surface area contributed by atoms with Crippen molar-refractivity contribution in [1.82, 2.24) is 24.9 Å². The highest BCUT2D eigenvalue weighted by Gasteiger charge is 2.31. The van der Waals surface area contributed by atoms with Gasteiger partial charge in [-0.3, -0.25) is 9.78 Å². The Hall–Kier alpha value is -2.80. The number of fused-ring (bicyclic) bond motifs is 1. The standard InChI is InChI=1S/C18H19N5O2/c1-12-17(18(25)22-9-3-5-14(22)11-24)20-21-23(12)16-6-2-4-13-10-19-8-7-15(13)16/h2,4,6-8,10,14,24H,3,5,9,11H2,1H3/t14-/m1/s1. The third kappa shape index (κ3) is 2.56. The van der Waals surface area contributed by atoms with E-state index in [1.54, 1.807) is 22.0 Å². The lowest BCUT2D eigenvalue weighted by Crippen LogP contribution is -2.38. The van der Waals surface area contributed by atoms with Crippen molar-refractivity contribution >= 4 is 16.7 Å². The second-order valence-electron chi connectivity index (χ2n) is 6.29. The van der Waals surface area contributed by atoms with Crippen LogP contribution in [-0.4, -0.2) is 55.1 Å². The molecule has 0 saturated carbocycles. The van der Waals surface area contributed by atoms with Crippen molar-refractivity contribution in [2.24, 2.45) is 0 Å². The molecule has 1 aliphatic heterocycles. The molecule has 3 aromatic rings. The number of nitrogens with zero attached hydrogens (tertiary/aromatic N) is 5. The Balaban J connectivity index is 1.75. The van der Waals surface area contributed by atoms with Crippen LogP contribution in [0.4, 0.5) is 0 Å². The van der Waals surface area contributed by atoms with Gasteiger partial charge in [-0.2, -0.15) is 0 Å². The summed E-state index contributed by atoms with van der Waals surface area (Å²) in [7, 11) is 0. The molecule has 1 fully saturated rings. The fourth-order valence-electron chi connectivity index (χ4n) is 3.47. The highest BCUT2D eigenvalue weighted by molar-refractivity contribution is 5.94. The maximum absolute atomic E-state index is 12.8. The first kappa shape index (κ1) is 15.7. The lowest BCUT2D eigenvalue weighted by molar-refractivity contribution is 0.0671. The summed E-state index contributed by atoms with van der Waals surface area (Å²) in [4.78, 5) is 18.7. The molecule has 0 unspecified atom stereocenters. The number of aliphatic hydroxyl groups excluding tert-OH is 1. The van der Waals surface area contributed by atoms with Gasteiger partial charge in [-0.1, -0.05) is 17.3 Å². The van der Waals surface area contributed by atoms with Crippen LogP contribution in [0.3, 0.4) is 0 Å². The first-order valence-corrected chi connectivity index (χ1v) is 8.38. The quantitative estimate of drug-likeness (QED) is 0.787. The number of hydrogen-bond donors (Lipinski definition) is 1. The van der Waals surface area contributed by atoms with Crippen molar-refractivity contribution in [3.8, 4) is 5.69 Å². The van der Waals surface area contributed by atoms with Gasteiger partial charge in [0.2, 0.25) is 0 Å². The third-order valence-electron chi connectivity index (χ3n) is 4.83. The SMILES string of the molecule is Cc1c(C(=O)N2CCC[C@@H]2CO)nnn1-c1cccc2cnccc12. The van der Waals surface area contributed by atoms with Crippen LogP contribution in [0.2, 0.25) is 0 Å². The molecule has 7 heteroatoms. The average Bonchev–Trinajstić information content (AvgIpc) is 3.27. The normalized spacial score (nSPS) is 17.4. The van der Waals surface area contributed by atoms with Crippen LogP contribution in [-0.2, 0) is 0 Å². The largest absolute Gasteiger partial charge is 0.394 e. The van der Waals surface area contributed by atoms with Gasteiger partial charge in [0.25, 0.3) is 5.91 Å². The summed E-state index contributed by atoms with van der Waals surface area (Å²) in [6.45, 7) is 2.48. The number of aliphatic hydroxyl groups is 1. The summed E-state index contributed by atoms with van der Waals surface area (Å²) in [5.74, 6) is -0.165. The number of carbonyl (C=O) groups is 1. The van der Waals surface area contributed by atoms with Gasteiger partial charge in [0.1, 0.15) is 0 Å². The molecule has 25 heavy (non-hydrogen) atoms. The predicted octanol–water partition coefficient (Wildman–Crippen LogP) is 1.72. The maximum Gasteiger partial charge on any atom is 0.276 e. The summed E-state index contributed by atoms with van der Waals surface area (Å²) in [6, 6.07) is 7.67. The molecule has 1 saturated heterocycles. The lowest BCUT2D eigenvalue weighted by atomic mass is 10.1. The number of amides is 1. The van der Waals surface area contributed by atoms with Gasteiger partial charge in [0, 0.05) is 29.7 Å². The lowest BCUT2D eigenvalue weighted by Gasteiger charge is -2.22. The van der Waals surface area contributed by atoms with E-state index in [1.807, 2.05) is 31.2 Å². The van der Waals surface area contributed by atoms with E-state index in [4.69, 9.17) is 0 Å². The first-order chi connectivity index (χ1) is 12.2. The van der Waals surface area contributed by atoms with E-state index in [0.29, 0.717) is 17.9 Å². The van der Waals surface area contributed by atoms with Crippen LogP contribution < -0.4 is 0 Å². The molecular weight excluding hydrogens is 318 g/mol. The number of benzene rings is 1. The minimum absolute atomic E-state index is 0.0186. The van der Waals surface area contributed by atoms with Gasteiger partial charge in [-0.25, -0.2) is 4.68 Å². The molecule has 1 N–H and O–H groups in total. The number of hydrogen-bond acceptors (Lipinski definition) is 5. The van der Waals surface area contributed by atoms with Gasteiger partial charge < -0.3 is 10.0 Å². The molecule has 3 heterocycles. The molecule has 128 valence electrons.